The lowest BCUT2D eigenvalue weighted by Gasteiger charge is -2.30. The highest BCUT2D eigenvalue weighted by Crippen LogP contribution is 2.34. The number of hydrogen-bond donors (Lipinski definition) is 0. The summed E-state index contributed by atoms with van der Waals surface area (Å²) in [6, 6.07) is 10.6. The Morgan fingerprint density at radius 1 is 1.19 bits per heavy atom. The van der Waals surface area contributed by atoms with Gasteiger partial charge in [-0.15, -0.1) is 11.3 Å². The van der Waals surface area contributed by atoms with Crippen LogP contribution in [0.25, 0.3) is 5.70 Å². The van der Waals surface area contributed by atoms with Crippen molar-refractivity contribution >= 4 is 38.7 Å². The predicted octanol–water partition coefficient (Wildman–Crippen LogP) is 4.68. The number of aliphatic imine (C=N–C) groups is 1. The Bertz CT molecular complexity index is 772. The molecule has 0 unspecified atom stereocenters. The summed E-state index contributed by atoms with van der Waals surface area (Å²) in [6.45, 7) is 0.991. The van der Waals surface area contributed by atoms with Gasteiger partial charge in [-0.1, -0.05) is 34.1 Å². The van der Waals surface area contributed by atoms with Gasteiger partial charge in [0.25, 0.3) is 0 Å². The summed E-state index contributed by atoms with van der Waals surface area (Å²) < 4.78 is 1.20. The van der Waals surface area contributed by atoms with E-state index >= 15 is 0 Å². The summed E-state index contributed by atoms with van der Waals surface area (Å²) in [6.07, 6.45) is 7.24. The van der Waals surface area contributed by atoms with Crippen molar-refractivity contribution in [3.63, 3.8) is 0 Å². The highest BCUT2D eigenvalue weighted by atomic mass is 79.9. The van der Waals surface area contributed by atoms with Gasteiger partial charge in [0.05, 0.1) is 16.3 Å². The fourth-order valence-electron chi connectivity index (χ4n) is 2.80. The van der Waals surface area contributed by atoms with E-state index in [2.05, 4.69) is 73.8 Å². The van der Waals surface area contributed by atoms with Crippen LogP contribution in [0.3, 0.4) is 0 Å². The molecule has 21 heavy (non-hydrogen) atoms. The van der Waals surface area contributed by atoms with Crippen LogP contribution >= 0.6 is 27.3 Å². The van der Waals surface area contributed by atoms with Gasteiger partial charge in [-0.3, -0.25) is 4.99 Å². The highest BCUT2D eigenvalue weighted by molar-refractivity contribution is 9.10. The standard InChI is InChI=1S/C17H13BrN2S/c18-14-4-1-3-13-12(14)6-8-20-9-7-19-15(11-16(13)20)17-5-2-10-21-17/h1-5,7,9-11H,6,8H2. The molecule has 0 saturated heterocycles. The molecule has 1 aromatic heterocycles. The number of benzene rings is 1. The van der Waals surface area contributed by atoms with E-state index in [0.29, 0.717) is 0 Å². The van der Waals surface area contributed by atoms with Gasteiger partial charge in [-0.25, -0.2) is 0 Å². The van der Waals surface area contributed by atoms with Gasteiger partial charge < -0.3 is 4.90 Å². The normalized spacial score (nSPS) is 16.7. The molecule has 1 aromatic carbocycles. The second-order valence-corrected chi connectivity index (χ2v) is 6.83. The van der Waals surface area contributed by atoms with Crippen LogP contribution in [-0.2, 0) is 6.42 Å². The van der Waals surface area contributed by atoms with Crippen LogP contribution in [0.4, 0.5) is 0 Å². The topological polar surface area (TPSA) is 15.6 Å². The third-order valence-electron chi connectivity index (χ3n) is 3.81. The van der Waals surface area contributed by atoms with Crippen molar-refractivity contribution in [1.29, 1.82) is 0 Å². The first kappa shape index (κ1) is 13.0. The van der Waals surface area contributed by atoms with Crippen molar-refractivity contribution in [2.75, 3.05) is 6.54 Å². The zero-order valence-corrected chi connectivity index (χ0v) is 13.7. The molecule has 0 saturated carbocycles. The zero-order valence-electron chi connectivity index (χ0n) is 11.3. The van der Waals surface area contributed by atoms with Crippen molar-refractivity contribution < 1.29 is 0 Å². The first-order valence-corrected chi connectivity index (χ1v) is 8.54. The third kappa shape index (κ3) is 2.28. The largest absolute Gasteiger partial charge is 0.346 e. The van der Waals surface area contributed by atoms with Crippen molar-refractivity contribution in [3.8, 4) is 0 Å². The van der Waals surface area contributed by atoms with Crippen LogP contribution in [0, 0.1) is 0 Å². The molecular formula is C17H13BrN2S. The Morgan fingerprint density at radius 3 is 3.00 bits per heavy atom. The Hall–Kier alpha value is -1.65. The Labute approximate surface area is 136 Å². The number of rotatable bonds is 1. The van der Waals surface area contributed by atoms with Crippen LogP contribution < -0.4 is 0 Å². The van der Waals surface area contributed by atoms with Gasteiger partial charge >= 0.3 is 0 Å². The third-order valence-corrected chi connectivity index (χ3v) is 5.45. The van der Waals surface area contributed by atoms with E-state index in [1.807, 2.05) is 6.20 Å². The molecule has 2 aliphatic rings. The maximum absolute atomic E-state index is 4.60. The number of halogens is 1. The van der Waals surface area contributed by atoms with Crippen LogP contribution in [0.5, 0.6) is 0 Å². The van der Waals surface area contributed by atoms with Crippen molar-refractivity contribution in [3.05, 3.63) is 74.7 Å². The summed E-state index contributed by atoms with van der Waals surface area (Å²) in [4.78, 5) is 8.10. The first-order valence-electron chi connectivity index (χ1n) is 6.87. The molecular weight excluding hydrogens is 344 g/mol. The monoisotopic (exact) mass is 356 g/mol. The number of fused-ring (bicyclic) bond motifs is 3. The average molecular weight is 357 g/mol. The second kappa shape index (κ2) is 5.28. The Morgan fingerprint density at radius 2 is 2.14 bits per heavy atom. The van der Waals surface area contributed by atoms with E-state index in [4.69, 9.17) is 0 Å². The molecule has 104 valence electrons. The molecule has 0 bridgehead atoms. The molecule has 0 radical (unpaired) electrons. The lowest BCUT2D eigenvalue weighted by atomic mass is 9.96. The Balaban J connectivity index is 1.88. The summed E-state index contributed by atoms with van der Waals surface area (Å²) in [5, 5.41) is 2.09. The zero-order chi connectivity index (χ0) is 14.2. The fraction of sp³-hybridized carbons (Fsp3) is 0.118. The lowest BCUT2D eigenvalue weighted by Crippen LogP contribution is -2.25. The molecule has 0 aliphatic carbocycles. The average Bonchev–Trinajstić information content (AvgIpc) is 2.94. The number of nitrogens with zero attached hydrogens (tertiary/aromatic N) is 2. The van der Waals surface area contributed by atoms with Crippen LogP contribution in [-0.4, -0.2) is 17.2 Å². The van der Waals surface area contributed by atoms with Gasteiger partial charge in [0.1, 0.15) is 0 Å². The minimum atomic E-state index is 0.991. The van der Waals surface area contributed by atoms with Crippen LogP contribution in [0.1, 0.15) is 16.0 Å². The van der Waals surface area contributed by atoms with Crippen LogP contribution in [0.2, 0.25) is 0 Å². The van der Waals surface area contributed by atoms with E-state index in [9.17, 15) is 0 Å². The van der Waals surface area contributed by atoms with E-state index in [0.717, 1.165) is 18.7 Å². The molecule has 2 nitrogen and oxygen atoms in total. The van der Waals surface area contributed by atoms with Crippen molar-refractivity contribution in [2.24, 2.45) is 4.99 Å². The molecule has 0 spiro atoms. The van der Waals surface area contributed by atoms with E-state index < -0.39 is 0 Å². The van der Waals surface area contributed by atoms with E-state index in [1.54, 1.807) is 11.3 Å². The highest BCUT2D eigenvalue weighted by Gasteiger charge is 2.22. The molecule has 2 aromatic rings. The minimum absolute atomic E-state index is 0.991. The quantitative estimate of drug-likeness (QED) is 0.723. The number of hydrogen-bond acceptors (Lipinski definition) is 3. The van der Waals surface area contributed by atoms with Crippen molar-refractivity contribution in [1.82, 2.24) is 4.90 Å². The maximum atomic E-state index is 4.60. The number of thiophene rings is 1. The van der Waals surface area contributed by atoms with Crippen molar-refractivity contribution in [2.45, 2.75) is 6.42 Å². The second-order valence-electron chi connectivity index (χ2n) is 5.03. The van der Waals surface area contributed by atoms with Gasteiger partial charge in [0.2, 0.25) is 0 Å². The molecule has 3 heterocycles. The summed E-state index contributed by atoms with van der Waals surface area (Å²) >= 11 is 5.41. The van der Waals surface area contributed by atoms with E-state index in [1.165, 1.54) is 26.2 Å². The lowest BCUT2D eigenvalue weighted by molar-refractivity contribution is 0.515. The molecule has 2 aliphatic heterocycles. The molecule has 0 N–H and O–H groups in total. The summed E-state index contributed by atoms with van der Waals surface area (Å²) in [5.41, 5.74) is 4.96. The molecule has 0 atom stereocenters. The van der Waals surface area contributed by atoms with Gasteiger partial charge in [-0.2, -0.15) is 0 Å². The molecule has 4 heteroatoms. The first-order chi connectivity index (χ1) is 10.3. The molecule has 4 rings (SSSR count). The van der Waals surface area contributed by atoms with E-state index in [-0.39, 0.29) is 0 Å². The van der Waals surface area contributed by atoms with Gasteiger partial charge in [0, 0.05) is 29.0 Å². The predicted molar refractivity (Wildman–Crippen MR) is 92.5 cm³/mol. The van der Waals surface area contributed by atoms with Gasteiger partial charge in [0.15, 0.2) is 0 Å². The molecule has 0 amide bonds. The fourth-order valence-corrected chi connectivity index (χ4v) is 4.05. The van der Waals surface area contributed by atoms with Gasteiger partial charge in [-0.05, 0) is 35.6 Å². The maximum Gasteiger partial charge on any atom is 0.0823 e. The number of allylic oxidation sites excluding steroid dienone is 1. The molecule has 0 fully saturated rings. The van der Waals surface area contributed by atoms with Crippen LogP contribution in [0.15, 0.2) is 63.7 Å². The SMILES string of the molecule is Brc1cccc2c1CCN1C=CN=C(c3cccs3)C=C21. The smallest absolute Gasteiger partial charge is 0.0823 e. The Kier molecular flexibility index (Phi) is 3.28. The summed E-state index contributed by atoms with van der Waals surface area (Å²) in [5.74, 6) is 0. The summed E-state index contributed by atoms with van der Waals surface area (Å²) in [7, 11) is 0. The minimum Gasteiger partial charge on any atom is -0.346 e.